The molecular formula is C25H26F4N4O3. The van der Waals surface area contributed by atoms with Gasteiger partial charge in [0.25, 0.3) is 5.91 Å². The van der Waals surface area contributed by atoms with E-state index in [2.05, 4.69) is 19.6 Å². The number of likely N-dealkylation sites (N-methyl/N-ethyl adjacent to an activating group) is 1. The van der Waals surface area contributed by atoms with E-state index in [4.69, 9.17) is 4.74 Å². The van der Waals surface area contributed by atoms with Crippen LogP contribution in [0.15, 0.2) is 36.5 Å². The molecule has 1 unspecified atom stereocenters. The highest BCUT2D eigenvalue weighted by atomic mass is 19.4. The Morgan fingerprint density at radius 3 is 2.56 bits per heavy atom. The van der Waals surface area contributed by atoms with E-state index in [-0.39, 0.29) is 35.1 Å². The summed E-state index contributed by atoms with van der Waals surface area (Å²) in [4.78, 5) is 24.2. The number of nitrogens with zero attached hydrogens (tertiary/aromatic N) is 3. The molecule has 3 aromatic rings. The van der Waals surface area contributed by atoms with Crippen molar-refractivity contribution in [3.05, 3.63) is 59.2 Å². The van der Waals surface area contributed by atoms with Crippen molar-refractivity contribution < 1.29 is 31.8 Å². The number of rotatable bonds is 4. The first kappa shape index (κ1) is 24.5. The molecule has 0 aliphatic carbocycles. The van der Waals surface area contributed by atoms with Crippen molar-refractivity contribution in [3.63, 3.8) is 0 Å². The minimum atomic E-state index is -4.79. The third-order valence-corrected chi connectivity index (χ3v) is 6.81. The van der Waals surface area contributed by atoms with Gasteiger partial charge in [-0.05, 0) is 56.1 Å². The second-order valence-electron chi connectivity index (χ2n) is 9.27. The monoisotopic (exact) mass is 506 g/mol. The van der Waals surface area contributed by atoms with Crippen LogP contribution in [-0.2, 0) is 4.74 Å². The van der Waals surface area contributed by atoms with Crippen LogP contribution in [0.1, 0.15) is 46.5 Å². The molecule has 0 radical (unpaired) electrons. The van der Waals surface area contributed by atoms with Crippen molar-refractivity contribution in [3.8, 4) is 5.75 Å². The summed E-state index contributed by atoms with van der Waals surface area (Å²) in [5, 5.41) is 0.729. The number of H-pyrrole nitrogens is 1. The Hall–Kier alpha value is -3.18. The number of morpholine rings is 1. The molecule has 2 aromatic heterocycles. The van der Waals surface area contributed by atoms with Crippen LogP contribution in [0.4, 0.5) is 17.6 Å². The van der Waals surface area contributed by atoms with E-state index in [0.717, 1.165) is 36.3 Å². The van der Waals surface area contributed by atoms with Crippen LogP contribution in [0.3, 0.4) is 0 Å². The van der Waals surface area contributed by atoms with Gasteiger partial charge in [-0.15, -0.1) is 13.2 Å². The van der Waals surface area contributed by atoms with Crippen molar-refractivity contribution in [2.24, 2.45) is 0 Å². The van der Waals surface area contributed by atoms with Gasteiger partial charge < -0.3 is 24.3 Å². The number of amides is 1. The lowest BCUT2D eigenvalue weighted by molar-refractivity contribution is -0.274. The summed E-state index contributed by atoms with van der Waals surface area (Å²) in [5.74, 6) is -1.14. The third-order valence-electron chi connectivity index (χ3n) is 6.81. The normalized spacial score (nSPS) is 20.1. The van der Waals surface area contributed by atoms with Crippen molar-refractivity contribution >= 4 is 16.9 Å². The molecular weight excluding hydrogens is 480 g/mol. The standard InChI is InChI=1S/C25H26F4N4O3/c1-32-10-11-35-21(14-32)20-12-18-22(19(26)13-30-23(18)31-20)15-6-8-33(9-7-15)24(34)16-2-4-17(5-3-16)36-25(27,28)29/h2-5,12-13,15,21H,6-11,14H2,1H3,(H,30,31). The van der Waals surface area contributed by atoms with Crippen LogP contribution in [0.2, 0.25) is 0 Å². The smallest absolute Gasteiger partial charge is 0.406 e. The van der Waals surface area contributed by atoms with Gasteiger partial charge >= 0.3 is 6.36 Å². The van der Waals surface area contributed by atoms with E-state index in [9.17, 15) is 18.0 Å². The Kier molecular flexibility index (Phi) is 6.60. The molecule has 0 saturated carbocycles. The zero-order valence-corrected chi connectivity index (χ0v) is 19.6. The number of carbonyl (C=O) groups is 1. The van der Waals surface area contributed by atoms with Crippen LogP contribution < -0.4 is 4.74 Å². The average molecular weight is 507 g/mol. The summed E-state index contributed by atoms with van der Waals surface area (Å²) in [6.45, 7) is 3.02. The van der Waals surface area contributed by atoms with Gasteiger partial charge in [-0.25, -0.2) is 9.37 Å². The molecule has 2 saturated heterocycles. The Balaban J connectivity index is 1.28. The van der Waals surface area contributed by atoms with Crippen LogP contribution >= 0.6 is 0 Å². The van der Waals surface area contributed by atoms with Gasteiger partial charge in [0.05, 0.1) is 12.8 Å². The zero-order chi connectivity index (χ0) is 25.4. The lowest BCUT2D eigenvalue weighted by Crippen LogP contribution is -2.38. The number of likely N-dealkylation sites (tertiary alicyclic amines) is 1. The van der Waals surface area contributed by atoms with E-state index < -0.39 is 6.36 Å². The second-order valence-corrected chi connectivity index (χ2v) is 9.27. The Labute approximate surface area is 205 Å². The maximum atomic E-state index is 15.0. The summed E-state index contributed by atoms with van der Waals surface area (Å²) < 4.78 is 61.9. The molecule has 2 fully saturated rings. The fourth-order valence-electron chi connectivity index (χ4n) is 5.00. The number of carbonyl (C=O) groups excluding carboxylic acids is 1. The Bertz CT molecular complexity index is 1240. The number of ether oxygens (including phenoxy) is 2. The van der Waals surface area contributed by atoms with Crippen LogP contribution in [0.5, 0.6) is 5.75 Å². The number of hydrogen-bond donors (Lipinski definition) is 1. The van der Waals surface area contributed by atoms with Gasteiger partial charge in [-0.2, -0.15) is 0 Å². The minimum Gasteiger partial charge on any atom is -0.406 e. The topological polar surface area (TPSA) is 70.7 Å². The van der Waals surface area contributed by atoms with Gasteiger partial charge in [-0.1, -0.05) is 0 Å². The highest BCUT2D eigenvalue weighted by Gasteiger charge is 2.32. The molecule has 192 valence electrons. The molecule has 0 bridgehead atoms. The van der Waals surface area contributed by atoms with Crippen molar-refractivity contribution in [1.82, 2.24) is 19.8 Å². The lowest BCUT2D eigenvalue weighted by Gasteiger charge is -2.32. The molecule has 36 heavy (non-hydrogen) atoms. The number of alkyl halides is 3. The van der Waals surface area contributed by atoms with Crippen LogP contribution in [0.25, 0.3) is 11.0 Å². The predicted molar refractivity (Wildman–Crippen MR) is 123 cm³/mol. The van der Waals surface area contributed by atoms with Crippen LogP contribution in [0, 0.1) is 5.82 Å². The molecule has 1 amide bonds. The zero-order valence-electron chi connectivity index (χ0n) is 19.6. The number of nitrogens with one attached hydrogen (secondary N) is 1. The van der Waals surface area contributed by atoms with E-state index in [0.29, 0.717) is 43.7 Å². The quantitative estimate of drug-likeness (QED) is 0.523. The minimum absolute atomic E-state index is 0.0966. The number of halogens is 4. The number of pyridine rings is 1. The van der Waals surface area contributed by atoms with E-state index in [1.54, 1.807) is 4.90 Å². The Morgan fingerprint density at radius 2 is 1.89 bits per heavy atom. The summed E-state index contributed by atoms with van der Waals surface area (Å²) in [7, 11) is 2.03. The first-order valence-electron chi connectivity index (χ1n) is 11.8. The van der Waals surface area contributed by atoms with Gasteiger partial charge in [0.1, 0.15) is 23.3 Å². The lowest BCUT2D eigenvalue weighted by atomic mass is 9.87. The maximum absolute atomic E-state index is 15.0. The molecule has 4 heterocycles. The molecule has 1 atom stereocenters. The van der Waals surface area contributed by atoms with Gasteiger partial charge in [-0.3, -0.25) is 4.79 Å². The predicted octanol–water partition coefficient (Wildman–Crippen LogP) is 4.62. The summed E-state index contributed by atoms with van der Waals surface area (Å²) >= 11 is 0. The number of hydrogen-bond acceptors (Lipinski definition) is 5. The number of aromatic amines is 1. The fraction of sp³-hybridized carbons (Fsp3) is 0.440. The SMILES string of the molecule is CN1CCOC(c2cc3c(C4CCN(C(=O)c5ccc(OC(F)(F)F)cc5)CC4)c(F)cnc3[nH]2)C1. The third kappa shape index (κ3) is 5.17. The summed E-state index contributed by atoms with van der Waals surface area (Å²) in [5.41, 5.74) is 2.33. The number of fused-ring (bicyclic) bond motifs is 1. The summed E-state index contributed by atoms with van der Waals surface area (Å²) in [6.07, 6.45) is -2.59. The van der Waals surface area contributed by atoms with E-state index in [1.165, 1.54) is 18.3 Å². The average Bonchev–Trinajstić information content (AvgIpc) is 3.28. The molecule has 1 aromatic carbocycles. The molecule has 5 rings (SSSR count). The van der Waals surface area contributed by atoms with Crippen molar-refractivity contribution in [2.45, 2.75) is 31.2 Å². The highest BCUT2D eigenvalue weighted by molar-refractivity contribution is 5.94. The van der Waals surface area contributed by atoms with Crippen molar-refractivity contribution in [1.29, 1.82) is 0 Å². The fourth-order valence-corrected chi connectivity index (χ4v) is 5.00. The highest BCUT2D eigenvalue weighted by Crippen LogP contribution is 2.36. The number of benzene rings is 1. The van der Waals surface area contributed by atoms with Gasteiger partial charge in [0.2, 0.25) is 0 Å². The number of piperidine rings is 1. The molecule has 2 aliphatic rings. The molecule has 2 aliphatic heterocycles. The molecule has 0 spiro atoms. The molecule has 1 N–H and O–H groups in total. The van der Waals surface area contributed by atoms with Gasteiger partial charge in [0.15, 0.2) is 0 Å². The van der Waals surface area contributed by atoms with Crippen molar-refractivity contribution in [2.75, 3.05) is 39.8 Å². The summed E-state index contributed by atoms with van der Waals surface area (Å²) in [6, 6.07) is 6.79. The van der Waals surface area contributed by atoms with Crippen LogP contribution in [-0.4, -0.2) is 71.9 Å². The maximum Gasteiger partial charge on any atom is 0.573 e. The first-order valence-corrected chi connectivity index (χ1v) is 11.8. The number of aromatic nitrogens is 2. The largest absolute Gasteiger partial charge is 0.573 e. The van der Waals surface area contributed by atoms with Gasteiger partial charge in [0, 0.05) is 48.4 Å². The van der Waals surface area contributed by atoms with E-state index >= 15 is 4.39 Å². The van der Waals surface area contributed by atoms with E-state index in [1.807, 2.05) is 13.1 Å². The molecule has 7 nitrogen and oxygen atoms in total. The Morgan fingerprint density at radius 1 is 1.17 bits per heavy atom. The first-order chi connectivity index (χ1) is 17.2. The second kappa shape index (κ2) is 9.70. The molecule has 11 heteroatoms.